The molecule has 1 atom stereocenters. The lowest BCUT2D eigenvalue weighted by Gasteiger charge is -2.31. The van der Waals surface area contributed by atoms with Gasteiger partial charge in [0.25, 0.3) is 5.56 Å². The van der Waals surface area contributed by atoms with Gasteiger partial charge in [0, 0.05) is 26.2 Å². The first-order valence-electron chi connectivity index (χ1n) is 11.4. The van der Waals surface area contributed by atoms with Crippen molar-refractivity contribution in [1.29, 1.82) is 0 Å². The zero-order chi connectivity index (χ0) is 25.0. The molecule has 0 unspecified atom stereocenters. The van der Waals surface area contributed by atoms with Crippen LogP contribution in [0.15, 0.2) is 40.2 Å². The topological polar surface area (TPSA) is 103 Å². The summed E-state index contributed by atoms with van der Waals surface area (Å²) < 4.78 is 62.9. The van der Waals surface area contributed by atoms with Crippen LogP contribution in [0.2, 0.25) is 5.02 Å². The summed E-state index contributed by atoms with van der Waals surface area (Å²) >= 11 is 6.33. The highest BCUT2D eigenvalue weighted by molar-refractivity contribution is 7.89. The van der Waals surface area contributed by atoms with Crippen molar-refractivity contribution in [2.75, 3.05) is 38.2 Å². The highest BCUT2D eigenvalue weighted by Gasteiger charge is 2.31. The Labute approximate surface area is 207 Å². The molecule has 0 radical (unpaired) electrons. The Kier molecular flexibility index (Phi) is 8.25. The predicted molar refractivity (Wildman–Crippen MR) is 126 cm³/mol. The van der Waals surface area contributed by atoms with Gasteiger partial charge < -0.3 is 14.8 Å². The SMILES string of the molecule is O=c1c(Cl)c(NC[C@H]2CCCOC2)cnn1C1CCN(S(=O)(=O)c2ccc(OC(F)F)cc2)CC1. The highest BCUT2D eigenvalue weighted by atomic mass is 35.5. The van der Waals surface area contributed by atoms with Crippen molar-refractivity contribution in [2.45, 2.75) is 43.2 Å². The molecule has 0 amide bonds. The van der Waals surface area contributed by atoms with Gasteiger partial charge in [-0.05, 0) is 55.9 Å². The number of hydrogen-bond donors (Lipinski definition) is 1. The number of benzene rings is 1. The Balaban J connectivity index is 1.38. The van der Waals surface area contributed by atoms with Crippen molar-refractivity contribution in [3.8, 4) is 5.75 Å². The van der Waals surface area contributed by atoms with Crippen LogP contribution in [-0.2, 0) is 14.8 Å². The Hall–Kier alpha value is -2.28. The van der Waals surface area contributed by atoms with Gasteiger partial charge in [-0.15, -0.1) is 0 Å². The van der Waals surface area contributed by atoms with Gasteiger partial charge >= 0.3 is 6.61 Å². The van der Waals surface area contributed by atoms with E-state index in [1.807, 2.05) is 0 Å². The van der Waals surface area contributed by atoms with Crippen LogP contribution in [0.1, 0.15) is 31.7 Å². The molecule has 0 spiro atoms. The third kappa shape index (κ3) is 6.11. The Morgan fingerprint density at radius 2 is 1.91 bits per heavy atom. The van der Waals surface area contributed by atoms with E-state index < -0.39 is 22.2 Å². The molecule has 3 heterocycles. The highest BCUT2D eigenvalue weighted by Crippen LogP contribution is 2.28. The smallest absolute Gasteiger partial charge is 0.387 e. The fourth-order valence-electron chi connectivity index (χ4n) is 4.32. The van der Waals surface area contributed by atoms with Gasteiger partial charge in [-0.25, -0.2) is 13.1 Å². The molecule has 0 bridgehead atoms. The molecule has 2 aromatic rings. The molecular weight excluding hydrogens is 506 g/mol. The van der Waals surface area contributed by atoms with E-state index in [4.69, 9.17) is 16.3 Å². The molecule has 2 aliphatic heterocycles. The number of nitrogens with one attached hydrogen (secondary N) is 1. The summed E-state index contributed by atoms with van der Waals surface area (Å²) in [6.07, 6.45) is 4.33. The number of anilines is 1. The van der Waals surface area contributed by atoms with E-state index in [2.05, 4.69) is 15.2 Å². The molecule has 2 fully saturated rings. The Bertz CT molecular complexity index is 1170. The number of ether oxygens (including phenoxy) is 2. The number of halogens is 3. The van der Waals surface area contributed by atoms with Crippen molar-refractivity contribution in [1.82, 2.24) is 14.1 Å². The van der Waals surface area contributed by atoms with E-state index >= 15 is 0 Å². The van der Waals surface area contributed by atoms with Crippen LogP contribution < -0.4 is 15.6 Å². The van der Waals surface area contributed by atoms with Gasteiger partial charge in [0.2, 0.25) is 10.0 Å². The lowest BCUT2D eigenvalue weighted by Crippen LogP contribution is -2.41. The van der Waals surface area contributed by atoms with Crippen LogP contribution in [-0.4, -0.2) is 62.0 Å². The van der Waals surface area contributed by atoms with E-state index in [0.29, 0.717) is 37.6 Å². The number of piperidine rings is 1. The molecule has 192 valence electrons. The lowest BCUT2D eigenvalue weighted by atomic mass is 10.0. The fraction of sp³-hybridized carbons (Fsp3) is 0.545. The van der Waals surface area contributed by atoms with E-state index in [1.54, 1.807) is 0 Å². The van der Waals surface area contributed by atoms with Crippen LogP contribution in [0.4, 0.5) is 14.5 Å². The van der Waals surface area contributed by atoms with E-state index in [1.165, 1.54) is 39.4 Å². The molecular formula is C22H27ClF2N4O5S. The summed E-state index contributed by atoms with van der Waals surface area (Å²) in [6, 6.07) is 4.54. The van der Waals surface area contributed by atoms with Crippen molar-refractivity contribution >= 4 is 27.3 Å². The average Bonchev–Trinajstić information content (AvgIpc) is 2.86. The number of rotatable bonds is 8. The molecule has 4 rings (SSSR count). The third-order valence-electron chi connectivity index (χ3n) is 6.24. The summed E-state index contributed by atoms with van der Waals surface area (Å²) in [5.41, 5.74) is 0.0465. The van der Waals surface area contributed by atoms with Crippen molar-refractivity contribution in [3.63, 3.8) is 0 Å². The first-order chi connectivity index (χ1) is 16.8. The van der Waals surface area contributed by atoms with Crippen molar-refractivity contribution in [2.24, 2.45) is 5.92 Å². The second-order valence-corrected chi connectivity index (χ2v) is 10.9. The number of hydrogen-bond acceptors (Lipinski definition) is 7. The van der Waals surface area contributed by atoms with E-state index in [9.17, 15) is 22.0 Å². The number of aromatic nitrogens is 2. The average molecular weight is 533 g/mol. The molecule has 2 aliphatic rings. The first kappa shape index (κ1) is 25.8. The standard InChI is InChI=1S/C22H27ClF2N4O5S/c23-20-19(26-12-15-2-1-11-33-14-15)13-27-29(21(20)30)16-7-9-28(10-8-16)35(31,32)18-5-3-17(4-6-18)34-22(24)25/h3-6,13,15-16,22,26H,1-2,7-12,14H2/t15-/m1/s1. The minimum Gasteiger partial charge on any atom is -0.435 e. The minimum atomic E-state index is -3.82. The van der Waals surface area contributed by atoms with Crippen molar-refractivity contribution in [3.05, 3.63) is 45.8 Å². The molecule has 35 heavy (non-hydrogen) atoms. The third-order valence-corrected chi connectivity index (χ3v) is 8.51. The monoisotopic (exact) mass is 532 g/mol. The van der Waals surface area contributed by atoms with Crippen LogP contribution in [0.5, 0.6) is 5.75 Å². The second-order valence-electron chi connectivity index (χ2n) is 8.57. The summed E-state index contributed by atoms with van der Waals surface area (Å²) in [5.74, 6) is 0.228. The van der Waals surface area contributed by atoms with E-state index in [0.717, 1.165) is 19.4 Å². The molecule has 0 aliphatic carbocycles. The van der Waals surface area contributed by atoms with Crippen LogP contribution in [0, 0.1) is 5.92 Å². The van der Waals surface area contributed by atoms with Gasteiger partial charge in [0.05, 0.1) is 29.4 Å². The summed E-state index contributed by atoms with van der Waals surface area (Å²) in [6.45, 7) is -0.554. The molecule has 0 saturated carbocycles. The van der Waals surface area contributed by atoms with Gasteiger partial charge in [0.15, 0.2) is 0 Å². The van der Waals surface area contributed by atoms with Crippen LogP contribution in [0.3, 0.4) is 0 Å². The number of nitrogens with zero attached hydrogens (tertiary/aromatic N) is 3. The molecule has 9 nitrogen and oxygen atoms in total. The normalized spacial score (nSPS) is 20.2. The number of alkyl halides is 2. The van der Waals surface area contributed by atoms with E-state index in [-0.39, 0.29) is 34.8 Å². The maximum Gasteiger partial charge on any atom is 0.387 e. The first-order valence-corrected chi connectivity index (χ1v) is 13.2. The molecule has 2 saturated heterocycles. The Morgan fingerprint density at radius 1 is 1.20 bits per heavy atom. The van der Waals surface area contributed by atoms with Crippen LogP contribution >= 0.6 is 11.6 Å². The largest absolute Gasteiger partial charge is 0.435 e. The maximum atomic E-state index is 12.9. The zero-order valence-electron chi connectivity index (χ0n) is 18.9. The number of sulfonamides is 1. The van der Waals surface area contributed by atoms with Crippen LogP contribution in [0.25, 0.3) is 0 Å². The predicted octanol–water partition coefficient (Wildman–Crippen LogP) is 3.36. The van der Waals surface area contributed by atoms with Gasteiger partial charge in [-0.1, -0.05) is 11.6 Å². The molecule has 1 aromatic heterocycles. The maximum absolute atomic E-state index is 12.9. The summed E-state index contributed by atoms with van der Waals surface area (Å²) in [7, 11) is -3.82. The fourth-order valence-corrected chi connectivity index (χ4v) is 5.99. The quantitative estimate of drug-likeness (QED) is 0.556. The molecule has 1 N–H and O–H groups in total. The van der Waals surface area contributed by atoms with Gasteiger partial charge in [0.1, 0.15) is 10.8 Å². The summed E-state index contributed by atoms with van der Waals surface area (Å²) in [5, 5.41) is 7.53. The lowest BCUT2D eigenvalue weighted by molar-refractivity contribution is -0.0498. The molecule has 13 heteroatoms. The zero-order valence-corrected chi connectivity index (χ0v) is 20.5. The minimum absolute atomic E-state index is 0.0188. The van der Waals surface area contributed by atoms with Gasteiger partial charge in [-0.3, -0.25) is 4.79 Å². The van der Waals surface area contributed by atoms with Crippen molar-refractivity contribution < 1.29 is 26.7 Å². The second kappa shape index (κ2) is 11.2. The summed E-state index contributed by atoms with van der Waals surface area (Å²) in [4.78, 5) is 12.8. The molecule has 1 aromatic carbocycles. The Morgan fingerprint density at radius 3 is 2.54 bits per heavy atom. The van der Waals surface area contributed by atoms with Gasteiger partial charge in [-0.2, -0.15) is 18.2 Å².